The third kappa shape index (κ3) is 5.24. The largest absolute Gasteiger partial charge is 0.484 e. The van der Waals surface area contributed by atoms with Gasteiger partial charge >= 0.3 is 6.03 Å². The molecule has 0 heterocycles. The molecule has 0 saturated heterocycles. The molecule has 0 aliphatic carbocycles. The second-order valence-electron chi connectivity index (χ2n) is 6.23. The van der Waals surface area contributed by atoms with Gasteiger partial charge in [-0.15, -0.1) is 0 Å². The number of hydrogen-bond donors (Lipinski definition) is 1. The minimum absolute atomic E-state index is 0.0611. The van der Waals surface area contributed by atoms with E-state index in [9.17, 15) is 9.59 Å². The first-order chi connectivity index (χ1) is 12.4. The van der Waals surface area contributed by atoms with Gasteiger partial charge in [0.1, 0.15) is 5.75 Å². The van der Waals surface area contributed by atoms with Gasteiger partial charge in [-0.3, -0.25) is 9.69 Å². The first kappa shape index (κ1) is 19.3. The zero-order valence-corrected chi connectivity index (χ0v) is 15.6. The summed E-state index contributed by atoms with van der Waals surface area (Å²) in [6.45, 7) is 3.76. The molecular weight excluding hydrogens is 330 g/mol. The van der Waals surface area contributed by atoms with Crippen LogP contribution >= 0.6 is 0 Å². The molecule has 0 saturated carbocycles. The molecule has 1 N–H and O–H groups in total. The SMILES string of the molecule is CC(C)NC(=O)N(C)c1ccc(OCC(=O)N(C)c2ccccc2)cc1. The number of ether oxygens (including phenoxy) is 1. The van der Waals surface area contributed by atoms with Crippen LogP contribution in [0.15, 0.2) is 54.6 Å². The molecule has 6 nitrogen and oxygen atoms in total. The lowest BCUT2D eigenvalue weighted by Crippen LogP contribution is -2.40. The Morgan fingerprint density at radius 1 is 0.923 bits per heavy atom. The highest BCUT2D eigenvalue weighted by atomic mass is 16.5. The molecule has 26 heavy (non-hydrogen) atoms. The number of hydrogen-bond acceptors (Lipinski definition) is 3. The molecule has 3 amide bonds. The van der Waals surface area contributed by atoms with Crippen molar-refractivity contribution in [2.24, 2.45) is 0 Å². The fourth-order valence-corrected chi connectivity index (χ4v) is 2.26. The molecule has 0 radical (unpaired) electrons. The molecule has 0 aromatic heterocycles. The molecule has 2 rings (SSSR count). The van der Waals surface area contributed by atoms with Crippen molar-refractivity contribution in [1.82, 2.24) is 5.32 Å². The van der Waals surface area contributed by atoms with Crippen molar-refractivity contribution >= 4 is 23.3 Å². The van der Waals surface area contributed by atoms with Crippen molar-refractivity contribution < 1.29 is 14.3 Å². The second kappa shape index (κ2) is 8.89. The first-order valence-corrected chi connectivity index (χ1v) is 8.47. The number of benzene rings is 2. The van der Waals surface area contributed by atoms with Gasteiger partial charge in [0.25, 0.3) is 5.91 Å². The van der Waals surface area contributed by atoms with E-state index in [-0.39, 0.29) is 24.6 Å². The standard InChI is InChI=1S/C20H25N3O3/c1-15(2)21-20(25)23(4)17-10-12-18(13-11-17)26-14-19(24)22(3)16-8-6-5-7-9-16/h5-13,15H,14H2,1-4H3,(H,21,25). The average molecular weight is 355 g/mol. The van der Waals surface area contributed by atoms with Crippen LogP contribution in [0.4, 0.5) is 16.2 Å². The van der Waals surface area contributed by atoms with E-state index >= 15 is 0 Å². The van der Waals surface area contributed by atoms with E-state index < -0.39 is 0 Å². The summed E-state index contributed by atoms with van der Waals surface area (Å²) in [5.74, 6) is 0.426. The Morgan fingerprint density at radius 2 is 1.50 bits per heavy atom. The van der Waals surface area contributed by atoms with E-state index in [0.717, 1.165) is 11.4 Å². The molecule has 0 aliphatic heterocycles. The summed E-state index contributed by atoms with van der Waals surface area (Å²) in [6.07, 6.45) is 0. The molecule has 0 atom stereocenters. The Hall–Kier alpha value is -3.02. The van der Waals surface area contributed by atoms with Gasteiger partial charge < -0.3 is 15.0 Å². The van der Waals surface area contributed by atoms with Gasteiger partial charge in [0.15, 0.2) is 6.61 Å². The molecule has 0 aliphatic rings. The van der Waals surface area contributed by atoms with Gasteiger partial charge in [-0.05, 0) is 50.2 Å². The van der Waals surface area contributed by atoms with Crippen molar-refractivity contribution in [3.05, 3.63) is 54.6 Å². The first-order valence-electron chi connectivity index (χ1n) is 8.47. The van der Waals surface area contributed by atoms with Crippen LogP contribution in [0.3, 0.4) is 0 Å². The highest BCUT2D eigenvalue weighted by Crippen LogP contribution is 2.19. The van der Waals surface area contributed by atoms with Crippen LogP contribution in [0.25, 0.3) is 0 Å². The Balaban J connectivity index is 1.91. The molecule has 138 valence electrons. The number of para-hydroxylation sites is 1. The highest BCUT2D eigenvalue weighted by molar-refractivity contribution is 5.94. The summed E-state index contributed by atoms with van der Waals surface area (Å²) < 4.78 is 5.56. The summed E-state index contributed by atoms with van der Waals surface area (Å²) in [7, 11) is 3.42. The number of amides is 3. The van der Waals surface area contributed by atoms with Crippen LogP contribution in [-0.2, 0) is 4.79 Å². The van der Waals surface area contributed by atoms with Gasteiger partial charge in [0.05, 0.1) is 0 Å². The number of anilines is 2. The second-order valence-corrected chi connectivity index (χ2v) is 6.23. The van der Waals surface area contributed by atoms with Crippen molar-refractivity contribution in [2.75, 3.05) is 30.5 Å². The number of likely N-dealkylation sites (N-methyl/N-ethyl adjacent to an activating group) is 1. The molecular formula is C20H25N3O3. The predicted octanol–water partition coefficient (Wildman–Crippen LogP) is 3.28. The van der Waals surface area contributed by atoms with E-state index in [1.54, 1.807) is 43.3 Å². The smallest absolute Gasteiger partial charge is 0.321 e. The van der Waals surface area contributed by atoms with E-state index in [2.05, 4.69) is 5.32 Å². The number of nitrogens with zero attached hydrogens (tertiary/aromatic N) is 2. The maximum Gasteiger partial charge on any atom is 0.321 e. The van der Waals surface area contributed by atoms with Crippen molar-refractivity contribution in [2.45, 2.75) is 19.9 Å². The number of carbonyl (C=O) groups excluding carboxylic acids is 2. The van der Waals surface area contributed by atoms with E-state index in [4.69, 9.17) is 4.74 Å². The monoisotopic (exact) mass is 355 g/mol. The minimum Gasteiger partial charge on any atom is -0.484 e. The lowest BCUT2D eigenvalue weighted by molar-refractivity contribution is -0.120. The van der Waals surface area contributed by atoms with E-state index in [1.807, 2.05) is 44.2 Å². The zero-order chi connectivity index (χ0) is 19.1. The number of nitrogens with one attached hydrogen (secondary N) is 1. The third-order valence-electron chi connectivity index (χ3n) is 3.82. The highest BCUT2D eigenvalue weighted by Gasteiger charge is 2.13. The van der Waals surface area contributed by atoms with Gasteiger partial charge in [0, 0.05) is 31.5 Å². The third-order valence-corrected chi connectivity index (χ3v) is 3.82. The quantitative estimate of drug-likeness (QED) is 0.865. The lowest BCUT2D eigenvalue weighted by atomic mass is 10.3. The number of rotatable bonds is 6. The van der Waals surface area contributed by atoms with Crippen LogP contribution < -0.4 is 19.9 Å². The summed E-state index contributed by atoms with van der Waals surface area (Å²) in [5.41, 5.74) is 1.55. The molecule has 0 unspecified atom stereocenters. The summed E-state index contributed by atoms with van der Waals surface area (Å²) in [5, 5.41) is 2.83. The summed E-state index contributed by atoms with van der Waals surface area (Å²) >= 11 is 0. The molecule has 2 aromatic carbocycles. The molecule has 6 heteroatoms. The van der Waals surface area contributed by atoms with Crippen LogP contribution in [0.2, 0.25) is 0 Å². The maximum atomic E-state index is 12.2. The van der Waals surface area contributed by atoms with Gasteiger partial charge in [-0.1, -0.05) is 18.2 Å². The zero-order valence-electron chi connectivity index (χ0n) is 15.6. The van der Waals surface area contributed by atoms with Gasteiger partial charge in [-0.25, -0.2) is 4.79 Å². The fraction of sp³-hybridized carbons (Fsp3) is 0.300. The molecule has 2 aromatic rings. The Kier molecular flexibility index (Phi) is 6.60. The predicted molar refractivity (Wildman–Crippen MR) is 104 cm³/mol. The van der Waals surface area contributed by atoms with E-state index in [1.165, 1.54) is 4.90 Å². The molecule has 0 fully saturated rings. The Morgan fingerprint density at radius 3 is 2.08 bits per heavy atom. The van der Waals surface area contributed by atoms with Crippen molar-refractivity contribution in [1.29, 1.82) is 0 Å². The Bertz CT molecular complexity index is 730. The maximum absolute atomic E-state index is 12.2. The summed E-state index contributed by atoms with van der Waals surface area (Å²) in [4.78, 5) is 27.3. The normalized spacial score (nSPS) is 10.3. The van der Waals surface area contributed by atoms with Crippen molar-refractivity contribution in [3.8, 4) is 5.75 Å². The minimum atomic E-state index is -0.173. The molecule has 0 bridgehead atoms. The van der Waals surface area contributed by atoms with Crippen LogP contribution in [0.1, 0.15) is 13.8 Å². The van der Waals surface area contributed by atoms with E-state index in [0.29, 0.717) is 5.75 Å². The topological polar surface area (TPSA) is 61.9 Å². The fourth-order valence-electron chi connectivity index (χ4n) is 2.26. The van der Waals surface area contributed by atoms with Crippen molar-refractivity contribution in [3.63, 3.8) is 0 Å². The van der Waals surface area contributed by atoms with Crippen LogP contribution in [-0.4, -0.2) is 38.7 Å². The van der Waals surface area contributed by atoms with Crippen LogP contribution in [0.5, 0.6) is 5.75 Å². The van der Waals surface area contributed by atoms with Gasteiger partial charge in [-0.2, -0.15) is 0 Å². The lowest BCUT2D eigenvalue weighted by Gasteiger charge is -2.20. The Labute approximate surface area is 154 Å². The van der Waals surface area contributed by atoms with Gasteiger partial charge in [0.2, 0.25) is 0 Å². The average Bonchev–Trinajstić information content (AvgIpc) is 2.65. The number of urea groups is 1. The molecule has 0 spiro atoms. The number of carbonyl (C=O) groups is 2. The van der Waals surface area contributed by atoms with Crippen LogP contribution in [0, 0.1) is 0 Å². The summed E-state index contributed by atoms with van der Waals surface area (Å²) in [6, 6.07) is 16.3.